The maximum atomic E-state index is 12.6. The maximum Gasteiger partial charge on any atom is 0.354 e. The first-order valence-corrected chi connectivity index (χ1v) is 10.4. The van der Waals surface area contributed by atoms with Gasteiger partial charge in [-0.15, -0.1) is 0 Å². The van der Waals surface area contributed by atoms with Gasteiger partial charge in [-0.1, -0.05) is 18.9 Å². The summed E-state index contributed by atoms with van der Waals surface area (Å²) in [6.45, 7) is 0.535. The third-order valence-electron chi connectivity index (χ3n) is 4.98. The van der Waals surface area contributed by atoms with Crippen molar-refractivity contribution in [1.29, 1.82) is 0 Å². The van der Waals surface area contributed by atoms with Crippen molar-refractivity contribution in [1.82, 2.24) is 14.6 Å². The molecule has 9 heteroatoms. The average Bonchev–Trinajstić information content (AvgIpc) is 3.13. The van der Waals surface area contributed by atoms with E-state index in [1.807, 2.05) is 0 Å². The van der Waals surface area contributed by atoms with E-state index in [2.05, 4.69) is 9.71 Å². The minimum atomic E-state index is -3.50. The molecule has 1 saturated carbocycles. The van der Waals surface area contributed by atoms with Crippen LogP contribution >= 0.6 is 0 Å². The van der Waals surface area contributed by atoms with E-state index < -0.39 is 27.1 Å². The lowest BCUT2D eigenvalue weighted by Gasteiger charge is -2.33. The number of sulfonamides is 1. The summed E-state index contributed by atoms with van der Waals surface area (Å²) in [5.41, 5.74) is -0.188. The zero-order chi connectivity index (χ0) is 18.7. The number of carboxylic acids is 1. The van der Waals surface area contributed by atoms with Crippen molar-refractivity contribution < 1.29 is 23.1 Å². The highest BCUT2D eigenvalue weighted by molar-refractivity contribution is 7.90. The number of piperidine rings is 1. The van der Waals surface area contributed by atoms with Gasteiger partial charge in [-0.2, -0.15) is 0 Å². The second-order valence-corrected chi connectivity index (χ2v) is 8.87. The third kappa shape index (κ3) is 4.21. The molecule has 2 fully saturated rings. The molecule has 1 saturated heterocycles. The van der Waals surface area contributed by atoms with Gasteiger partial charge in [-0.05, 0) is 37.8 Å². The molecule has 26 heavy (non-hydrogen) atoms. The Kier molecular flexibility index (Phi) is 5.57. The molecule has 0 aromatic carbocycles. The fourth-order valence-electron chi connectivity index (χ4n) is 3.58. The van der Waals surface area contributed by atoms with Gasteiger partial charge in [-0.25, -0.2) is 22.9 Å². The summed E-state index contributed by atoms with van der Waals surface area (Å²) in [4.78, 5) is 29.0. The van der Waals surface area contributed by atoms with Crippen LogP contribution in [0.2, 0.25) is 0 Å². The molecule has 0 radical (unpaired) electrons. The molecular formula is C17H23N3O5S. The SMILES string of the molecule is O=C(O)c1cccc(C(=O)N2CCCC(S(=O)(=O)NC3CCCC3)C2)n1. The van der Waals surface area contributed by atoms with Crippen molar-refractivity contribution >= 4 is 21.9 Å². The highest BCUT2D eigenvalue weighted by Crippen LogP contribution is 2.22. The summed E-state index contributed by atoms with van der Waals surface area (Å²) in [7, 11) is -3.50. The van der Waals surface area contributed by atoms with E-state index in [9.17, 15) is 18.0 Å². The average molecular weight is 381 g/mol. The third-order valence-corrected chi connectivity index (χ3v) is 6.90. The van der Waals surface area contributed by atoms with Gasteiger partial charge in [0.1, 0.15) is 11.4 Å². The van der Waals surface area contributed by atoms with E-state index in [1.54, 1.807) is 0 Å². The molecule has 1 aliphatic carbocycles. The molecule has 2 heterocycles. The lowest BCUT2D eigenvalue weighted by molar-refractivity contribution is 0.0689. The van der Waals surface area contributed by atoms with Crippen molar-refractivity contribution in [3.63, 3.8) is 0 Å². The van der Waals surface area contributed by atoms with Crippen LogP contribution in [0.1, 0.15) is 59.5 Å². The van der Waals surface area contributed by atoms with Gasteiger partial charge in [0, 0.05) is 19.1 Å². The first kappa shape index (κ1) is 18.8. The van der Waals surface area contributed by atoms with Crippen LogP contribution in [0, 0.1) is 0 Å². The number of hydrogen-bond donors (Lipinski definition) is 2. The minimum Gasteiger partial charge on any atom is -0.477 e. The van der Waals surface area contributed by atoms with Crippen LogP contribution in [0.15, 0.2) is 18.2 Å². The van der Waals surface area contributed by atoms with Crippen LogP contribution in [-0.4, -0.2) is 59.7 Å². The zero-order valence-electron chi connectivity index (χ0n) is 14.4. The van der Waals surface area contributed by atoms with Gasteiger partial charge in [0.05, 0.1) is 5.25 Å². The van der Waals surface area contributed by atoms with Gasteiger partial charge in [-0.3, -0.25) is 4.79 Å². The number of aromatic carboxylic acids is 1. The number of pyridine rings is 1. The standard InChI is InChI=1S/C17H23N3O5S/c21-16(14-8-3-9-15(18-14)17(22)23)20-10-4-7-13(11-20)26(24,25)19-12-5-1-2-6-12/h3,8-9,12-13,19H,1-2,4-7,10-11H2,(H,22,23). The summed E-state index contributed by atoms with van der Waals surface area (Å²) in [5, 5.41) is 8.36. The summed E-state index contributed by atoms with van der Waals surface area (Å²) in [6, 6.07) is 4.22. The smallest absolute Gasteiger partial charge is 0.354 e. The number of likely N-dealkylation sites (tertiary alicyclic amines) is 1. The molecule has 1 unspecified atom stereocenters. The molecular weight excluding hydrogens is 358 g/mol. The normalized spacial score (nSPS) is 21.7. The Bertz CT molecular complexity index is 789. The highest BCUT2D eigenvalue weighted by Gasteiger charge is 2.35. The fraction of sp³-hybridized carbons (Fsp3) is 0.588. The van der Waals surface area contributed by atoms with E-state index in [-0.39, 0.29) is 24.0 Å². The number of nitrogens with one attached hydrogen (secondary N) is 1. The Hall–Kier alpha value is -2.00. The molecule has 3 rings (SSSR count). The van der Waals surface area contributed by atoms with Crippen LogP contribution in [0.3, 0.4) is 0 Å². The van der Waals surface area contributed by atoms with Gasteiger partial charge < -0.3 is 10.0 Å². The lowest BCUT2D eigenvalue weighted by Crippen LogP contribution is -2.50. The molecule has 1 aromatic rings. The molecule has 8 nitrogen and oxygen atoms in total. The van der Waals surface area contributed by atoms with Crippen LogP contribution < -0.4 is 4.72 Å². The molecule has 1 atom stereocenters. The summed E-state index contributed by atoms with van der Waals surface area (Å²) in [5.74, 6) is -1.65. The Labute approximate surface area is 152 Å². The van der Waals surface area contributed by atoms with Crippen LogP contribution in [0.5, 0.6) is 0 Å². The second kappa shape index (κ2) is 7.71. The number of carboxylic acid groups (broad SMARTS) is 1. The molecule has 1 aromatic heterocycles. The van der Waals surface area contributed by atoms with Crippen LogP contribution in [0.4, 0.5) is 0 Å². The maximum absolute atomic E-state index is 12.6. The lowest BCUT2D eigenvalue weighted by atomic mass is 10.1. The van der Waals surface area contributed by atoms with E-state index in [0.29, 0.717) is 19.4 Å². The number of carbonyl (C=O) groups excluding carboxylic acids is 1. The van der Waals surface area contributed by atoms with Crippen molar-refractivity contribution in [3.8, 4) is 0 Å². The van der Waals surface area contributed by atoms with Gasteiger partial charge in [0.2, 0.25) is 10.0 Å². The number of carbonyl (C=O) groups is 2. The summed E-state index contributed by atoms with van der Waals surface area (Å²) < 4.78 is 28.1. The predicted octanol–water partition coefficient (Wildman–Crippen LogP) is 1.25. The van der Waals surface area contributed by atoms with Crippen molar-refractivity contribution in [2.45, 2.75) is 49.8 Å². The van der Waals surface area contributed by atoms with E-state index in [4.69, 9.17) is 5.11 Å². The first-order chi connectivity index (χ1) is 12.4. The second-order valence-electron chi connectivity index (χ2n) is 6.87. The Balaban J connectivity index is 1.70. The van der Waals surface area contributed by atoms with E-state index in [1.165, 1.54) is 23.1 Å². The largest absolute Gasteiger partial charge is 0.477 e. The highest BCUT2D eigenvalue weighted by atomic mass is 32.2. The van der Waals surface area contributed by atoms with E-state index in [0.717, 1.165) is 25.7 Å². The first-order valence-electron chi connectivity index (χ1n) is 8.87. The topological polar surface area (TPSA) is 117 Å². The fourth-order valence-corrected chi connectivity index (χ4v) is 5.33. The van der Waals surface area contributed by atoms with Crippen LogP contribution in [-0.2, 0) is 10.0 Å². The summed E-state index contributed by atoms with van der Waals surface area (Å²) in [6.07, 6.45) is 4.89. The molecule has 2 N–H and O–H groups in total. The molecule has 1 amide bonds. The Morgan fingerprint density at radius 2 is 1.81 bits per heavy atom. The molecule has 1 aliphatic heterocycles. The Morgan fingerprint density at radius 3 is 2.50 bits per heavy atom. The monoisotopic (exact) mass is 381 g/mol. The number of amides is 1. The van der Waals surface area contributed by atoms with Crippen molar-refractivity contribution in [2.75, 3.05) is 13.1 Å². The molecule has 142 valence electrons. The Morgan fingerprint density at radius 1 is 1.12 bits per heavy atom. The van der Waals surface area contributed by atoms with Crippen LogP contribution in [0.25, 0.3) is 0 Å². The number of aromatic nitrogens is 1. The number of hydrogen-bond acceptors (Lipinski definition) is 5. The predicted molar refractivity (Wildman–Crippen MR) is 94.4 cm³/mol. The minimum absolute atomic E-state index is 0.00000661. The number of rotatable bonds is 5. The molecule has 0 spiro atoms. The van der Waals surface area contributed by atoms with Gasteiger partial charge in [0.15, 0.2) is 0 Å². The molecule has 0 bridgehead atoms. The quantitative estimate of drug-likeness (QED) is 0.793. The van der Waals surface area contributed by atoms with Gasteiger partial charge >= 0.3 is 5.97 Å². The molecule has 2 aliphatic rings. The summed E-state index contributed by atoms with van der Waals surface area (Å²) >= 11 is 0. The van der Waals surface area contributed by atoms with Crippen molar-refractivity contribution in [3.05, 3.63) is 29.6 Å². The zero-order valence-corrected chi connectivity index (χ0v) is 15.2. The van der Waals surface area contributed by atoms with Crippen molar-refractivity contribution in [2.24, 2.45) is 0 Å². The van der Waals surface area contributed by atoms with Gasteiger partial charge in [0.25, 0.3) is 5.91 Å². The van der Waals surface area contributed by atoms with E-state index >= 15 is 0 Å². The number of nitrogens with zero attached hydrogens (tertiary/aromatic N) is 2.